The molecule has 1 fully saturated rings. The van der Waals surface area contributed by atoms with Gasteiger partial charge in [-0.3, -0.25) is 10.1 Å². The fourth-order valence-corrected chi connectivity index (χ4v) is 1.49. The molecule has 0 spiro atoms. The Labute approximate surface area is 98.2 Å². The minimum atomic E-state index is -0.443. The van der Waals surface area contributed by atoms with Crippen LogP contribution >= 0.6 is 0 Å². The summed E-state index contributed by atoms with van der Waals surface area (Å²) in [7, 11) is 0. The average molecular weight is 239 g/mol. The van der Waals surface area contributed by atoms with E-state index in [1.165, 1.54) is 12.1 Å². The van der Waals surface area contributed by atoms with Crippen LogP contribution in [0.25, 0.3) is 0 Å². The lowest BCUT2D eigenvalue weighted by Gasteiger charge is -2.22. The Bertz CT molecular complexity index is 372. The van der Waals surface area contributed by atoms with Gasteiger partial charge in [-0.1, -0.05) is 0 Å². The first-order valence-corrected chi connectivity index (χ1v) is 5.32. The molecule has 0 N–H and O–H groups in total. The van der Waals surface area contributed by atoms with Crippen LogP contribution in [0.3, 0.4) is 0 Å². The number of hydrogen-bond donors (Lipinski definition) is 0. The summed E-state index contributed by atoms with van der Waals surface area (Å²) >= 11 is 0. The summed E-state index contributed by atoms with van der Waals surface area (Å²) in [4.78, 5) is 10.0. The van der Waals surface area contributed by atoms with Gasteiger partial charge in [-0.25, -0.2) is 0 Å². The van der Waals surface area contributed by atoms with Crippen LogP contribution in [0.4, 0.5) is 5.69 Å². The number of non-ortho nitro benzene ring substituents is 1. The number of ether oxygens (including phenoxy) is 3. The van der Waals surface area contributed by atoms with Crippen molar-refractivity contribution in [2.75, 3.05) is 26.4 Å². The molecule has 92 valence electrons. The van der Waals surface area contributed by atoms with Gasteiger partial charge in [0.15, 0.2) is 0 Å². The highest BCUT2D eigenvalue weighted by Gasteiger charge is 2.15. The predicted molar refractivity (Wildman–Crippen MR) is 59.2 cm³/mol. The van der Waals surface area contributed by atoms with Gasteiger partial charge in [-0.05, 0) is 12.1 Å². The number of rotatable bonds is 4. The summed E-state index contributed by atoms with van der Waals surface area (Å²) in [5.41, 5.74) is 0.0506. The van der Waals surface area contributed by atoms with Crippen molar-refractivity contribution in [2.24, 2.45) is 0 Å². The van der Waals surface area contributed by atoms with E-state index in [9.17, 15) is 10.1 Å². The molecular weight excluding hydrogens is 226 g/mol. The molecule has 0 radical (unpaired) electrons. The van der Waals surface area contributed by atoms with E-state index in [4.69, 9.17) is 14.2 Å². The Balaban J connectivity index is 1.84. The van der Waals surface area contributed by atoms with Crippen LogP contribution in [-0.4, -0.2) is 37.5 Å². The minimum Gasteiger partial charge on any atom is -0.491 e. The van der Waals surface area contributed by atoms with Crippen molar-refractivity contribution in [3.8, 4) is 5.75 Å². The van der Waals surface area contributed by atoms with Crippen molar-refractivity contribution in [1.82, 2.24) is 0 Å². The van der Waals surface area contributed by atoms with Gasteiger partial charge < -0.3 is 14.2 Å². The molecule has 1 saturated heterocycles. The van der Waals surface area contributed by atoms with Gasteiger partial charge in [0.1, 0.15) is 18.5 Å². The maximum absolute atomic E-state index is 10.4. The molecule has 1 aromatic rings. The van der Waals surface area contributed by atoms with E-state index < -0.39 is 4.92 Å². The first-order valence-electron chi connectivity index (χ1n) is 5.32. The molecule has 1 aliphatic heterocycles. The van der Waals surface area contributed by atoms with Gasteiger partial charge in [0.2, 0.25) is 0 Å². The van der Waals surface area contributed by atoms with Gasteiger partial charge in [0.05, 0.1) is 24.7 Å². The van der Waals surface area contributed by atoms with E-state index in [-0.39, 0.29) is 11.8 Å². The molecule has 6 nitrogen and oxygen atoms in total. The number of nitrogens with zero attached hydrogens (tertiary/aromatic N) is 1. The van der Waals surface area contributed by atoms with Crippen LogP contribution in [-0.2, 0) is 9.47 Å². The van der Waals surface area contributed by atoms with Crippen molar-refractivity contribution in [1.29, 1.82) is 0 Å². The Morgan fingerprint density at radius 3 is 2.71 bits per heavy atom. The summed E-state index contributed by atoms with van der Waals surface area (Å²) in [6.45, 7) is 2.10. The molecular formula is C11H13NO5. The van der Waals surface area contributed by atoms with Crippen LogP contribution in [0.5, 0.6) is 5.75 Å². The number of benzene rings is 1. The average Bonchev–Trinajstić information content (AvgIpc) is 2.38. The number of hydrogen-bond acceptors (Lipinski definition) is 5. The van der Waals surface area contributed by atoms with Gasteiger partial charge in [0, 0.05) is 12.1 Å². The fourth-order valence-electron chi connectivity index (χ4n) is 1.49. The van der Waals surface area contributed by atoms with Gasteiger partial charge in [-0.15, -0.1) is 0 Å². The minimum absolute atomic E-state index is 0.0506. The topological polar surface area (TPSA) is 70.8 Å². The van der Waals surface area contributed by atoms with E-state index >= 15 is 0 Å². The van der Waals surface area contributed by atoms with Crippen molar-refractivity contribution in [3.05, 3.63) is 34.4 Å². The van der Waals surface area contributed by atoms with Crippen molar-refractivity contribution >= 4 is 5.69 Å². The molecule has 6 heteroatoms. The molecule has 0 saturated carbocycles. The van der Waals surface area contributed by atoms with E-state index in [0.29, 0.717) is 32.2 Å². The van der Waals surface area contributed by atoms with Crippen molar-refractivity contribution in [3.63, 3.8) is 0 Å². The molecule has 0 amide bonds. The predicted octanol–water partition coefficient (Wildman–Crippen LogP) is 1.39. The summed E-state index contributed by atoms with van der Waals surface area (Å²) in [5.74, 6) is 0.588. The Morgan fingerprint density at radius 1 is 1.35 bits per heavy atom. The lowest BCUT2D eigenvalue weighted by atomic mass is 10.3. The summed E-state index contributed by atoms with van der Waals surface area (Å²) in [5, 5.41) is 10.4. The standard InChI is InChI=1S/C11H13NO5/c13-12(14)9-1-3-10(4-2-9)17-8-11-7-15-5-6-16-11/h1-4,11H,5-8H2. The Kier molecular flexibility index (Phi) is 3.89. The molecule has 17 heavy (non-hydrogen) atoms. The summed E-state index contributed by atoms with van der Waals surface area (Å²) < 4.78 is 16.1. The van der Waals surface area contributed by atoms with Gasteiger partial charge in [-0.2, -0.15) is 0 Å². The zero-order valence-corrected chi connectivity index (χ0v) is 9.20. The second-order valence-corrected chi connectivity index (χ2v) is 3.63. The second kappa shape index (κ2) is 5.60. The smallest absolute Gasteiger partial charge is 0.269 e. The SMILES string of the molecule is O=[N+]([O-])c1ccc(OCC2COCCO2)cc1. The van der Waals surface area contributed by atoms with Gasteiger partial charge in [0.25, 0.3) is 5.69 Å². The highest BCUT2D eigenvalue weighted by atomic mass is 16.6. The number of nitro benzene ring substituents is 1. The van der Waals surface area contributed by atoms with E-state index in [1.54, 1.807) is 12.1 Å². The normalized spacial score (nSPS) is 19.9. The molecule has 1 heterocycles. The third-order valence-corrected chi connectivity index (χ3v) is 2.37. The maximum atomic E-state index is 10.4. The molecule has 2 rings (SSSR count). The highest BCUT2D eigenvalue weighted by Crippen LogP contribution is 2.17. The van der Waals surface area contributed by atoms with Crippen molar-refractivity contribution in [2.45, 2.75) is 6.10 Å². The van der Waals surface area contributed by atoms with Crippen LogP contribution in [0.1, 0.15) is 0 Å². The molecule has 1 aliphatic rings. The van der Waals surface area contributed by atoms with Gasteiger partial charge >= 0.3 is 0 Å². The molecule has 0 aliphatic carbocycles. The summed E-state index contributed by atoms with van der Waals surface area (Å²) in [6, 6.07) is 5.96. The van der Waals surface area contributed by atoms with Crippen molar-refractivity contribution < 1.29 is 19.1 Å². The quantitative estimate of drug-likeness (QED) is 0.586. The molecule has 0 aromatic heterocycles. The van der Waals surface area contributed by atoms with E-state index in [0.717, 1.165) is 0 Å². The highest BCUT2D eigenvalue weighted by molar-refractivity contribution is 5.35. The Hall–Kier alpha value is -1.66. The Morgan fingerprint density at radius 2 is 2.12 bits per heavy atom. The largest absolute Gasteiger partial charge is 0.491 e. The first-order chi connectivity index (χ1) is 8.25. The molecule has 0 bridgehead atoms. The number of nitro groups is 1. The second-order valence-electron chi connectivity index (χ2n) is 3.63. The first kappa shape index (κ1) is 11.8. The van der Waals surface area contributed by atoms with Crippen LogP contribution < -0.4 is 4.74 Å². The lowest BCUT2D eigenvalue weighted by Crippen LogP contribution is -2.33. The van der Waals surface area contributed by atoms with Crippen LogP contribution in [0, 0.1) is 10.1 Å². The third-order valence-electron chi connectivity index (χ3n) is 2.37. The zero-order valence-electron chi connectivity index (χ0n) is 9.20. The molecule has 1 atom stereocenters. The van der Waals surface area contributed by atoms with E-state index in [2.05, 4.69) is 0 Å². The monoisotopic (exact) mass is 239 g/mol. The zero-order chi connectivity index (χ0) is 12.1. The molecule has 1 unspecified atom stereocenters. The van der Waals surface area contributed by atoms with Crippen LogP contribution in [0.2, 0.25) is 0 Å². The molecule has 1 aromatic carbocycles. The fraction of sp³-hybridized carbons (Fsp3) is 0.455. The van der Waals surface area contributed by atoms with Crippen LogP contribution in [0.15, 0.2) is 24.3 Å². The van der Waals surface area contributed by atoms with E-state index in [1.807, 2.05) is 0 Å². The third kappa shape index (κ3) is 3.40. The maximum Gasteiger partial charge on any atom is 0.269 e. The lowest BCUT2D eigenvalue weighted by molar-refractivity contribution is -0.384. The summed E-state index contributed by atoms with van der Waals surface area (Å²) in [6.07, 6.45) is -0.0704.